The maximum atomic E-state index is 12.0. The second-order valence-corrected chi connectivity index (χ2v) is 3.63. The normalized spacial score (nSPS) is 19.0. The molecule has 1 aromatic rings. The van der Waals surface area contributed by atoms with Crippen LogP contribution in [0, 0.1) is 0 Å². The number of hydrogen-bond donors (Lipinski definition) is 1. The molecule has 88 valence electrons. The van der Waals surface area contributed by atoms with E-state index in [9.17, 15) is 9.59 Å². The number of anilines is 1. The van der Waals surface area contributed by atoms with Gasteiger partial charge in [-0.05, 0) is 12.1 Å². The fourth-order valence-electron chi connectivity index (χ4n) is 1.64. The summed E-state index contributed by atoms with van der Waals surface area (Å²) in [5.41, 5.74) is 0.640. The molecule has 17 heavy (non-hydrogen) atoms. The Morgan fingerprint density at radius 2 is 1.88 bits per heavy atom. The molecule has 6 nitrogen and oxygen atoms in total. The molecule has 1 aliphatic rings. The third-order valence-corrected chi connectivity index (χ3v) is 2.58. The highest BCUT2D eigenvalue weighted by atomic mass is 16.2. The highest BCUT2D eigenvalue weighted by Gasteiger charge is 2.35. The maximum Gasteiger partial charge on any atom is 0.336 e. The van der Waals surface area contributed by atoms with Crippen LogP contribution in [-0.2, 0) is 4.79 Å². The number of amidine groups is 1. The van der Waals surface area contributed by atoms with E-state index in [1.54, 1.807) is 24.3 Å². The molecule has 0 atom stereocenters. The van der Waals surface area contributed by atoms with E-state index in [-0.39, 0.29) is 18.2 Å². The Hall–Kier alpha value is -2.37. The smallest absolute Gasteiger partial charge is 0.322 e. The number of carbonyl (C=O) groups excluding carboxylic acids is 2. The van der Waals surface area contributed by atoms with Crippen molar-refractivity contribution in [3.63, 3.8) is 0 Å². The Bertz CT molecular complexity index is 484. The Labute approximate surface area is 98.3 Å². The fraction of sp³-hybridized carbons (Fsp3) is 0.182. The zero-order valence-electron chi connectivity index (χ0n) is 9.33. The number of nitrogens with two attached hydrogens (primary N) is 1. The zero-order chi connectivity index (χ0) is 12.4. The van der Waals surface area contributed by atoms with Crippen LogP contribution in [0.4, 0.5) is 10.5 Å². The molecular weight excluding hydrogens is 220 g/mol. The van der Waals surface area contributed by atoms with Gasteiger partial charge in [0.25, 0.3) is 0 Å². The summed E-state index contributed by atoms with van der Waals surface area (Å²) in [7, 11) is 1.44. The van der Waals surface area contributed by atoms with Crippen molar-refractivity contribution in [1.29, 1.82) is 0 Å². The highest BCUT2D eigenvalue weighted by Crippen LogP contribution is 2.20. The molecule has 0 saturated carbocycles. The van der Waals surface area contributed by atoms with Gasteiger partial charge in [0.15, 0.2) is 0 Å². The van der Waals surface area contributed by atoms with E-state index in [0.29, 0.717) is 5.69 Å². The molecule has 1 aliphatic heterocycles. The summed E-state index contributed by atoms with van der Waals surface area (Å²) >= 11 is 0. The minimum absolute atomic E-state index is 0.0215. The second-order valence-electron chi connectivity index (χ2n) is 3.63. The Kier molecular flexibility index (Phi) is 2.78. The van der Waals surface area contributed by atoms with E-state index in [0.717, 1.165) is 4.90 Å². The van der Waals surface area contributed by atoms with Gasteiger partial charge in [0.2, 0.25) is 5.91 Å². The summed E-state index contributed by atoms with van der Waals surface area (Å²) in [6, 6.07) is 8.50. The largest absolute Gasteiger partial charge is 0.336 e. The number of hydrogen-bond acceptors (Lipinski definition) is 4. The number of carbonyl (C=O) groups is 2. The van der Waals surface area contributed by atoms with Crippen LogP contribution in [0.5, 0.6) is 0 Å². The van der Waals surface area contributed by atoms with Crippen molar-refractivity contribution in [2.45, 2.75) is 6.42 Å². The van der Waals surface area contributed by atoms with Crippen LogP contribution in [0.3, 0.4) is 0 Å². The predicted molar refractivity (Wildman–Crippen MR) is 63.3 cm³/mol. The lowest BCUT2D eigenvalue weighted by Crippen LogP contribution is -2.54. The molecular formula is C11H12N4O2. The topological polar surface area (TPSA) is 79.0 Å². The van der Waals surface area contributed by atoms with Crippen molar-refractivity contribution in [1.82, 2.24) is 4.90 Å². The lowest BCUT2D eigenvalue weighted by atomic mass is 10.2. The molecule has 0 aliphatic carbocycles. The van der Waals surface area contributed by atoms with Gasteiger partial charge in [-0.3, -0.25) is 9.69 Å². The average molecular weight is 232 g/mol. The van der Waals surface area contributed by atoms with Gasteiger partial charge in [0.1, 0.15) is 5.84 Å². The molecule has 1 heterocycles. The first-order chi connectivity index (χ1) is 8.15. The lowest BCUT2D eigenvalue weighted by Gasteiger charge is -2.32. The van der Waals surface area contributed by atoms with Crippen LogP contribution < -0.4 is 10.7 Å². The lowest BCUT2D eigenvalue weighted by molar-refractivity contribution is -0.126. The quantitative estimate of drug-likeness (QED) is 0.573. The van der Waals surface area contributed by atoms with Crippen molar-refractivity contribution >= 4 is 23.5 Å². The van der Waals surface area contributed by atoms with E-state index in [4.69, 9.17) is 5.84 Å². The van der Waals surface area contributed by atoms with Crippen LogP contribution in [0.2, 0.25) is 0 Å². The monoisotopic (exact) mass is 232 g/mol. The summed E-state index contributed by atoms with van der Waals surface area (Å²) in [6.45, 7) is 0. The number of rotatable bonds is 1. The molecule has 0 bridgehead atoms. The van der Waals surface area contributed by atoms with Gasteiger partial charge in [-0.15, -0.1) is 0 Å². The standard InChI is InChI=1S/C11H12N4O2/c1-14-10(16)7-9(13-12)15(11(14)17)8-5-3-2-4-6-8/h2-6H,7,12H2,1H3. The first-order valence-electron chi connectivity index (χ1n) is 5.07. The minimum atomic E-state index is -0.448. The molecule has 1 saturated heterocycles. The summed E-state index contributed by atoms with van der Waals surface area (Å²) in [4.78, 5) is 25.9. The van der Waals surface area contributed by atoms with Gasteiger partial charge in [-0.25, -0.2) is 9.69 Å². The van der Waals surface area contributed by atoms with Crippen molar-refractivity contribution in [3.8, 4) is 0 Å². The van der Waals surface area contributed by atoms with Gasteiger partial charge in [0.05, 0.1) is 12.1 Å². The van der Waals surface area contributed by atoms with E-state index < -0.39 is 6.03 Å². The van der Waals surface area contributed by atoms with Gasteiger partial charge in [-0.1, -0.05) is 18.2 Å². The van der Waals surface area contributed by atoms with Gasteiger partial charge in [0, 0.05) is 7.05 Å². The molecule has 1 aromatic carbocycles. The Morgan fingerprint density at radius 1 is 1.24 bits per heavy atom. The van der Waals surface area contributed by atoms with E-state index in [2.05, 4.69) is 5.10 Å². The molecule has 0 spiro atoms. The van der Waals surface area contributed by atoms with Crippen LogP contribution in [0.1, 0.15) is 6.42 Å². The Morgan fingerprint density at radius 3 is 2.47 bits per heavy atom. The third kappa shape index (κ3) is 1.84. The Balaban J connectivity index is 2.43. The zero-order valence-corrected chi connectivity index (χ0v) is 9.33. The minimum Gasteiger partial charge on any atom is -0.322 e. The van der Waals surface area contributed by atoms with E-state index in [1.165, 1.54) is 11.9 Å². The average Bonchev–Trinajstić information content (AvgIpc) is 2.36. The predicted octanol–water partition coefficient (Wildman–Crippen LogP) is 0.747. The molecule has 2 N–H and O–H groups in total. The van der Waals surface area contributed by atoms with Crippen LogP contribution in [0.15, 0.2) is 35.4 Å². The molecule has 0 aromatic heterocycles. The first-order valence-corrected chi connectivity index (χ1v) is 5.07. The number of nitrogens with zero attached hydrogens (tertiary/aromatic N) is 3. The SMILES string of the molecule is CN1C(=O)CC(=NN)N(c2ccccc2)C1=O. The first kappa shape index (κ1) is 11.1. The van der Waals surface area contributed by atoms with Gasteiger partial charge in [-0.2, -0.15) is 5.10 Å². The van der Waals surface area contributed by atoms with Crippen LogP contribution >= 0.6 is 0 Å². The van der Waals surface area contributed by atoms with Crippen molar-refractivity contribution in [2.24, 2.45) is 10.9 Å². The number of urea groups is 1. The number of imide groups is 1. The molecule has 6 heteroatoms. The maximum absolute atomic E-state index is 12.0. The third-order valence-electron chi connectivity index (χ3n) is 2.58. The molecule has 0 unspecified atom stereocenters. The van der Waals surface area contributed by atoms with Gasteiger partial charge >= 0.3 is 6.03 Å². The molecule has 0 radical (unpaired) electrons. The van der Waals surface area contributed by atoms with Gasteiger partial charge < -0.3 is 5.84 Å². The van der Waals surface area contributed by atoms with Crippen molar-refractivity contribution in [3.05, 3.63) is 30.3 Å². The highest BCUT2D eigenvalue weighted by molar-refractivity contribution is 6.27. The molecule has 1 fully saturated rings. The molecule has 2 rings (SSSR count). The molecule has 3 amide bonds. The number of amides is 3. The van der Waals surface area contributed by atoms with E-state index >= 15 is 0 Å². The number of benzene rings is 1. The second kappa shape index (κ2) is 4.25. The van der Waals surface area contributed by atoms with Crippen LogP contribution in [0.25, 0.3) is 0 Å². The number of para-hydroxylation sites is 1. The summed E-state index contributed by atoms with van der Waals surface area (Å²) in [5.74, 6) is 5.16. The summed E-state index contributed by atoms with van der Waals surface area (Å²) in [6.07, 6.45) is 0.0215. The summed E-state index contributed by atoms with van der Waals surface area (Å²) < 4.78 is 0. The van der Waals surface area contributed by atoms with Crippen molar-refractivity contribution in [2.75, 3.05) is 11.9 Å². The summed E-state index contributed by atoms with van der Waals surface area (Å²) in [5, 5.41) is 3.51. The number of hydrazone groups is 1. The van der Waals surface area contributed by atoms with Crippen molar-refractivity contribution < 1.29 is 9.59 Å². The van der Waals surface area contributed by atoms with Crippen LogP contribution in [-0.4, -0.2) is 29.7 Å². The fourth-order valence-corrected chi connectivity index (χ4v) is 1.64. The van der Waals surface area contributed by atoms with E-state index in [1.807, 2.05) is 6.07 Å².